The van der Waals surface area contributed by atoms with Crippen molar-refractivity contribution in [2.45, 2.75) is 24.2 Å². The number of likely N-dealkylation sites (tertiary alicyclic amines) is 1. The molecule has 0 atom stereocenters. The second-order valence-corrected chi connectivity index (χ2v) is 5.96. The topological polar surface area (TPSA) is 3.24 Å². The van der Waals surface area contributed by atoms with E-state index in [0.717, 1.165) is 17.2 Å². The van der Waals surface area contributed by atoms with Gasteiger partial charge >= 0.3 is 0 Å². The molecule has 2 rings (SSSR count). The Morgan fingerprint density at radius 3 is 2.65 bits per heavy atom. The third-order valence-corrected chi connectivity index (χ3v) is 4.13. The number of benzene rings is 1. The van der Waals surface area contributed by atoms with E-state index in [2.05, 4.69) is 4.90 Å². The van der Waals surface area contributed by atoms with Gasteiger partial charge in [0, 0.05) is 22.2 Å². The number of thioether (sulfide) groups is 1. The SMILES string of the molecule is Fc1cc(Cl)cc(SCCN2CCCCC2)c1. The largest absolute Gasteiger partial charge is 0.303 e. The molecule has 17 heavy (non-hydrogen) atoms. The van der Waals surface area contributed by atoms with Crippen molar-refractivity contribution in [2.24, 2.45) is 0 Å². The van der Waals surface area contributed by atoms with Gasteiger partial charge in [0.1, 0.15) is 5.82 Å². The van der Waals surface area contributed by atoms with Crippen molar-refractivity contribution < 1.29 is 4.39 Å². The average Bonchev–Trinajstić information content (AvgIpc) is 2.29. The van der Waals surface area contributed by atoms with E-state index in [1.807, 2.05) is 6.07 Å². The van der Waals surface area contributed by atoms with Crippen molar-refractivity contribution in [3.8, 4) is 0 Å². The highest BCUT2D eigenvalue weighted by atomic mass is 35.5. The first-order valence-corrected chi connectivity index (χ1v) is 7.42. The minimum atomic E-state index is -0.252. The van der Waals surface area contributed by atoms with Crippen molar-refractivity contribution in [3.63, 3.8) is 0 Å². The van der Waals surface area contributed by atoms with Crippen LogP contribution in [0.15, 0.2) is 23.1 Å². The summed E-state index contributed by atoms with van der Waals surface area (Å²) in [5.41, 5.74) is 0. The Morgan fingerprint density at radius 1 is 1.18 bits per heavy atom. The Kier molecular flexibility index (Phi) is 5.14. The summed E-state index contributed by atoms with van der Waals surface area (Å²) in [7, 11) is 0. The molecule has 0 saturated carbocycles. The molecular formula is C13H17ClFNS. The number of halogens is 2. The summed E-state index contributed by atoms with van der Waals surface area (Å²) in [6.45, 7) is 3.51. The van der Waals surface area contributed by atoms with Crippen LogP contribution in [0.4, 0.5) is 4.39 Å². The van der Waals surface area contributed by atoms with E-state index in [4.69, 9.17) is 11.6 Å². The lowest BCUT2D eigenvalue weighted by molar-refractivity contribution is 0.242. The van der Waals surface area contributed by atoms with Crippen molar-refractivity contribution in [1.29, 1.82) is 0 Å². The van der Waals surface area contributed by atoms with Crippen molar-refractivity contribution in [3.05, 3.63) is 29.0 Å². The van der Waals surface area contributed by atoms with Gasteiger partial charge in [0.2, 0.25) is 0 Å². The summed E-state index contributed by atoms with van der Waals surface area (Å²) in [5, 5.41) is 0.477. The standard InChI is InChI=1S/C13H17ClFNS/c14-11-8-12(15)10-13(9-11)17-7-6-16-4-2-1-3-5-16/h8-10H,1-7H2. The summed E-state index contributed by atoms with van der Waals surface area (Å²) in [4.78, 5) is 3.41. The zero-order chi connectivity index (χ0) is 12.1. The molecule has 1 aliphatic rings. The Hall–Kier alpha value is -0.250. The quantitative estimate of drug-likeness (QED) is 0.761. The lowest BCUT2D eigenvalue weighted by Crippen LogP contribution is -2.31. The molecule has 0 spiro atoms. The fourth-order valence-corrected chi connectivity index (χ4v) is 3.37. The molecule has 94 valence electrons. The van der Waals surface area contributed by atoms with Gasteiger partial charge in [-0.1, -0.05) is 18.0 Å². The lowest BCUT2D eigenvalue weighted by atomic mass is 10.1. The molecule has 0 radical (unpaired) electrons. The Balaban J connectivity index is 1.77. The average molecular weight is 274 g/mol. The number of rotatable bonds is 4. The Labute approximate surface area is 111 Å². The van der Waals surface area contributed by atoms with Gasteiger partial charge in [-0.05, 0) is 44.1 Å². The maximum Gasteiger partial charge on any atom is 0.125 e. The van der Waals surface area contributed by atoms with Gasteiger partial charge in [0.25, 0.3) is 0 Å². The van der Waals surface area contributed by atoms with Crippen LogP contribution < -0.4 is 0 Å². The van der Waals surface area contributed by atoms with Crippen LogP contribution in [-0.2, 0) is 0 Å². The predicted octanol–water partition coefficient (Wildman–Crippen LogP) is 4.06. The number of hydrogen-bond donors (Lipinski definition) is 0. The number of piperidine rings is 1. The number of nitrogens with zero attached hydrogens (tertiary/aromatic N) is 1. The van der Waals surface area contributed by atoms with Gasteiger partial charge < -0.3 is 4.90 Å². The third-order valence-electron chi connectivity index (χ3n) is 2.96. The molecule has 1 fully saturated rings. The Bertz CT molecular complexity index is 346. The summed E-state index contributed by atoms with van der Waals surface area (Å²) in [6.07, 6.45) is 4.00. The van der Waals surface area contributed by atoms with Crippen molar-refractivity contribution in [2.75, 3.05) is 25.4 Å². The lowest BCUT2D eigenvalue weighted by Gasteiger charge is -2.26. The van der Waals surface area contributed by atoms with Crippen LogP contribution in [-0.4, -0.2) is 30.3 Å². The fourth-order valence-electron chi connectivity index (χ4n) is 2.09. The summed E-state index contributed by atoms with van der Waals surface area (Å²) in [5.74, 6) is 0.748. The highest BCUT2D eigenvalue weighted by Gasteiger charge is 2.09. The van der Waals surface area contributed by atoms with Gasteiger partial charge in [-0.25, -0.2) is 4.39 Å². The smallest absolute Gasteiger partial charge is 0.125 e. The summed E-state index contributed by atoms with van der Waals surface area (Å²) in [6, 6.07) is 4.72. The molecule has 1 aromatic carbocycles. The molecule has 0 N–H and O–H groups in total. The summed E-state index contributed by atoms with van der Waals surface area (Å²) >= 11 is 7.49. The van der Waals surface area contributed by atoms with Gasteiger partial charge in [-0.15, -0.1) is 11.8 Å². The highest BCUT2D eigenvalue weighted by molar-refractivity contribution is 7.99. The first-order chi connectivity index (χ1) is 8.24. The van der Waals surface area contributed by atoms with E-state index in [9.17, 15) is 4.39 Å². The van der Waals surface area contributed by atoms with Crippen LogP contribution in [0.1, 0.15) is 19.3 Å². The molecule has 4 heteroatoms. The summed E-state index contributed by atoms with van der Waals surface area (Å²) < 4.78 is 13.1. The molecule has 1 heterocycles. The van der Waals surface area contributed by atoms with E-state index in [-0.39, 0.29) is 5.82 Å². The minimum Gasteiger partial charge on any atom is -0.303 e. The van der Waals surface area contributed by atoms with Crippen LogP contribution in [0.5, 0.6) is 0 Å². The first-order valence-electron chi connectivity index (χ1n) is 6.05. The van der Waals surface area contributed by atoms with Crippen LogP contribution in [0.2, 0.25) is 5.02 Å². The number of hydrogen-bond acceptors (Lipinski definition) is 2. The van der Waals surface area contributed by atoms with E-state index in [1.165, 1.54) is 38.4 Å². The van der Waals surface area contributed by atoms with Gasteiger partial charge in [-0.2, -0.15) is 0 Å². The third kappa shape index (κ3) is 4.49. The van der Waals surface area contributed by atoms with Gasteiger partial charge in [0.05, 0.1) is 0 Å². The molecule has 0 aliphatic carbocycles. The molecule has 0 amide bonds. The molecule has 1 aliphatic heterocycles. The Morgan fingerprint density at radius 2 is 1.94 bits per heavy atom. The predicted molar refractivity (Wildman–Crippen MR) is 72.4 cm³/mol. The van der Waals surface area contributed by atoms with Gasteiger partial charge in [0.15, 0.2) is 0 Å². The van der Waals surface area contributed by atoms with Crippen LogP contribution in [0.3, 0.4) is 0 Å². The van der Waals surface area contributed by atoms with Crippen molar-refractivity contribution >= 4 is 23.4 Å². The monoisotopic (exact) mass is 273 g/mol. The van der Waals surface area contributed by atoms with E-state index in [1.54, 1.807) is 17.8 Å². The fraction of sp³-hybridized carbons (Fsp3) is 0.538. The maximum atomic E-state index is 13.1. The molecule has 0 bridgehead atoms. The molecule has 0 aromatic heterocycles. The van der Waals surface area contributed by atoms with Gasteiger partial charge in [-0.3, -0.25) is 0 Å². The zero-order valence-corrected chi connectivity index (χ0v) is 11.4. The van der Waals surface area contributed by atoms with E-state index < -0.39 is 0 Å². The molecule has 1 nitrogen and oxygen atoms in total. The maximum absolute atomic E-state index is 13.1. The van der Waals surface area contributed by atoms with E-state index >= 15 is 0 Å². The van der Waals surface area contributed by atoms with Crippen LogP contribution in [0, 0.1) is 5.82 Å². The molecule has 0 unspecified atom stereocenters. The van der Waals surface area contributed by atoms with E-state index in [0.29, 0.717) is 5.02 Å². The normalized spacial score (nSPS) is 17.3. The highest BCUT2D eigenvalue weighted by Crippen LogP contribution is 2.23. The zero-order valence-electron chi connectivity index (χ0n) is 9.79. The van der Waals surface area contributed by atoms with Crippen LogP contribution in [0.25, 0.3) is 0 Å². The second kappa shape index (κ2) is 6.62. The van der Waals surface area contributed by atoms with Crippen LogP contribution >= 0.6 is 23.4 Å². The molecule has 1 aromatic rings. The molecular weight excluding hydrogens is 257 g/mol. The molecule has 1 saturated heterocycles. The second-order valence-electron chi connectivity index (χ2n) is 4.36. The first kappa shape index (κ1) is 13.2. The minimum absolute atomic E-state index is 0.252. The van der Waals surface area contributed by atoms with Crippen molar-refractivity contribution in [1.82, 2.24) is 4.90 Å².